The fourth-order valence-electron chi connectivity index (χ4n) is 1.87. The zero-order valence-corrected chi connectivity index (χ0v) is 11.8. The van der Waals surface area contributed by atoms with Crippen molar-refractivity contribution in [2.45, 2.75) is 6.54 Å². The van der Waals surface area contributed by atoms with Crippen LogP contribution in [0.15, 0.2) is 42.5 Å². The summed E-state index contributed by atoms with van der Waals surface area (Å²) >= 11 is 6.02. The minimum atomic E-state index is 0.598. The van der Waals surface area contributed by atoms with Gasteiger partial charge in [0.25, 0.3) is 0 Å². The van der Waals surface area contributed by atoms with Crippen LogP contribution in [0, 0.1) is 0 Å². The van der Waals surface area contributed by atoms with Crippen molar-refractivity contribution in [2.75, 3.05) is 24.8 Å². The molecule has 0 atom stereocenters. The first-order chi connectivity index (χ1) is 9.10. The molecule has 0 radical (unpaired) electrons. The second-order valence-electron chi connectivity index (χ2n) is 4.41. The summed E-state index contributed by atoms with van der Waals surface area (Å²) in [6, 6.07) is 13.7. The van der Waals surface area contributed by atoms with Gasteiger partial charge in [-0.15, -0.1) is 0 Å². The quantitative estimate of drug-likeness (QED) is 0.868. The van der Waals surface area contributed by atoms with Crippen LogP contribution in [-0.4, -0.2) is 14.2 Å². The Kier molecular flexibility index (Phi) is 4.17. The number of rotatable bonds is 4. The normalized spacial score (nSPS) is 10.3. The average Bonchev–Trinajstić information content (AvgIpc) is 2.43. The van der Waals surface area contributed by atoms with Gasteiger partial charge in [0.1, 0.15) is 5.75 Å². The summed E-state index contributed by atoms with van der Waals surface area (Å²) in [5.74, 6) is 0.854. The highest BCUT2D eigenvalue weighted by Crippen LogP contribution is 2.23. The third-order valence-electron chi connectivity index (χ3n) is 3.00. The summed E-state index contributed by atoms with van der Waals surface area (Å²) in [5, 5.41) is 0.598. The van der Waals surface area contributed by atoms with Crippen molar-refractivity contribution >= 4 is 23.0 Å². The van der Waals surface area contributed by atoms with E-state index < -0.39 is 0 Å². The number of halogens is 1. The Morgan fingerprint density at radius 3 is 2.42 bits per heavy atom. The first kappa shape index (κ1) is 13.6. The standard InChI is InChI=1S/C15H17ClN2O/c1-18(12-4-6-13(19-2)7-5-12)10-11-3-8-15(17)14(16)9-11/h3-9H,10,17H2,1-2H3. The van der Waals surface area contributed by atoms with E-state index in [0.29, 0.717) is 10.7 Å². The Bertz CT molecular complexity index is 555. The molecule has 0 unspecified atom stereocenters. The van der Waals surface area contributed by atoms with Gasteiger partial charge in [-0.05, 0) is 42.0 Å². The van der Waals surface area contributed by atoms with E-state index in [2.05, 4.69) is 4.90 Å². The number of ether oxygens (including phenoxy) is 1. The number of nitrogen functional groups attached to an aromatic ring is 1. The molecule has 0 aromatic heterocycles. The van der Waals surface area contributed by atoms with E-state index >= 15 is 0 Å². The van der Waals surface area contributed by atoms with Gasteiger partial charge in [-0.2, -0.15) is 0 Å². The molecule has 0 heterocycles. The minimum Gasteiger partial charge on any atom is -0.497 e. The first-order valence-electron chi connectivity index (χ1n) is 5.99. The highest BCUT2D eigenvalue weighted by molar-refractivity contribution is 6.33. The molecule has 2 aromatic rings. The third kappa shape index (κ3) is 3.32. The molecule has 0 saturated heterocycles. The number of hydrogen-bond acceptors (Lipinski definition) is 3. The molecule has 0 saturated carbocycles. The van der Waals surface area contributed by atoms with Crippen LogP contribution >= 0.6 is 11.6 Å². The molecule has 0 aliphatic heterocycles. The number of methoxy groups -OCH3 is 1. The number of benzene rings is 2. The molecule has 0 aliphatic carbocycles. The monoisotopic (exact) mass is 276 g/mol. The van der Waals surface area contributed by atoms with Crippen LogP contribution in [0.1, 0.15) is 5.56 Å². The molecule has 100 valence electrons. The largest absolute Gasteiger partial charge is 0.497 e. The van der Waals surface area contributed by atoms with Gasteiger partial charge in [-0.1, -0.05) is 17.7 Å². The second kappa shape index (κ2) is 5.85. The van der Waals surface area contributed by atoms with Crippen molar-refractivity contribution in [1.29, 1.82) is 0 Å². The van der Waals surface area contributed by atoms with E-state index in [1.54, 1.807) is 7.11 Å². The van der Waals surface area contributed by atoms with Crippen LogP contribution < -0.4 is 15.4 Å². The van der Waals surface area contributed by atoms with E-state index in [1.807, 2.05) is 49.5 Å². The Balaban J connectivity index is 2.10. The molecular formula is C15H17ClN2O. The van der Waals surface area contributed by atoms with Gasteiger partial charge in [0.05, 0.1) is 17.8 Å². The zero-order chi connectivity index (χ0) is 13.8. The van der Waals surface area contributed by atoms with Crippen molar-refractivity contribution in [1.82, 2.24) is 0 Å². The Morgan fingerprint density at radius 2 is 1.84 bits per heavy atom. The molecular weight excluding hydrogens is 260 g/mol. The van der Waals surface area contributed by atoms with E-state index in [4.69, 9.17) is 22.1 Å². The maximum absolute atomic E-state index is 6.02. The van der Waals surface area contributed by atoms with E-state index in [1.165, 1.54) is 0 Å². The molecule has 2 aromatic carbocycles. The molecule has 0 aliphatic rings. The third-order valence-corrected chi connectivity index (χ3v) is 3.33. The summed E-state index contributed by atoms with van der Waals surface area (Å²) in [4.78, 5) is 2.14. The Hall–Kier alpha value is -1.87. The van der Waals surface area contributed by atoms with Gasteiger partial charge in [-0.25, -0.2) is 0 Å². The maximum atomic E-state index is 6.02. The lowest BCUT2D eigenvalue weighted by atomic mass is 10.2. The number of nitrogens with zero attached hydrogens (tertiary/aromatic N) is 1. The summed E-state index contributed by atoms with van der Waals surface area (Å²) in [6.07, 6.45) is 0. The SMILES string of the molecule is COc1ccc(N(C)Cc2ccc(N)c(Cl)c2)cc1. The van der Waals surface area contributed by atoms with Crippen LogP contribution in [0.4, 0.5) is 11.4 Å². The fourth-order valence-corrected chi connectivity index (χ4v) is 2.07. The lowest BCUT2D eigenvalue weighted by molar-refractivity contribution is 0.415. The highest BCUT2D eigenvalue weighted by atomic mass is 35.5. The summed E-state index contributed by atoms with van der Waals surface area (Å²) < 4.78 is 5.15. The lowest BCUT2D eigenvalue weighted by Crippen LogP contribution is -2.16. The van der Waals surface area contributed by atoms with Crippen LogP contribution in [0.2, 0.25) is 5.02 Å². The van der Waals surface area contributed by atoms with E-state index in [0.717, 1.165) is 23.5 Å². The van der Waals surface area contributed by atoms with Crippen molar-refractivity contribution < 1.29 is 4.74 Å². The predicted octanol–water partition coefficient (Wildman–Crippen LogP) is 3.57. The molecule has 0 spiro atoms. The highest BCUT2D eigenvalue weighted by Gasteiger charge is 2.04. The smallest absolute Gasteiger partial charge is 0.119 e. The van der Waals surface area contributed by atoms with Gasteiger partial charge in [0.15, 0.2) is 0 Å². The Morgan fingerprint density at radius 1 is 1.16 bits per heavy atom. The molecule has 0 fully saturated rings. The van der Waals surface area contributed by atoms with Crippen molar-refractivity contribution in [3.8, 4) is 5.75 Å². The number of nitrogens with two attached hydrogens (primary N) is 1. The van der Waals surface area contributed by atoms with Gasteiger partial charge in [0.2, 0.25) is 0 Å². The molecule has 0 amide bonds. The second-order valence-corrected chi connectivity index (χ2v) is 4.82. The topological polar surface area (TPSA) is 38.5 Å². The van der Waals surface area contributed by atoms with Gasteiger partial charge >= 0.3 is 0 Å². The van der Waals surface area contributed by atoms with E-state index in [-0.39, 0.29) is 0 Å². The van der Waals surface area contributed by atoms with Crippen LogP contribution in [0.3, 0.4) is 0 Å². The summed E-state index contributed by atoms with van der Waals surface area (Å²) in [6.45, 7) is 0.770. The predicted molar refractivity (Wildman–Crippen MR) is 81.0 cm³/mol. The zero-order valence-electron chi connectivity index (χ0n) is 11.1. The van der Waals surface area contributed by atoms with Crippen molar-refractivity contribution in [3.05, 3.63) is 53.1 Å². The molecule has 0 bridgehead atoms. The van der Waals surface area contributed by atoms with Gasteiger partial charge in [-0.3, -0.25) is 0 Å². The van der Waals surface area contributed by atoms with Crippen LogP contribution in [0.25, 0.3) is 0 Å². The fraction of sp³-hybridized carbons (Fsp3) is 0.200. The van der Waals surface area contributed by atoms with E-state index in [9.17, 15) is 0 Å². The molecule has 4 heteroatoms. The number of hydrogen-bond donors (Lipinski definition) is 1. The van der Waals surface area contributed by atoms with Gasteiger partial charge < -0.3 is 15.4 Å². The summed E-state index contributed by atoms with van der Waals surface area (Å²) in [5.41, 5.74) is 8.55. The maximum Gasteiger partial charge on any atom is 0.119 e. The van der Waals surface area contributed by atoms with Crippen LogP contribution in [0.5, 0.6) is 5.75 Å². The van der Waals surface area contributed by atoms with Gasteiger partial charge in [0, 0.05) is 19.3 Å². The summed E-state index contributed by atoms with van der Waals surface area (Å²) in [7, 11) is 3.70. The lowest BCUT2D eigenvalue weighted by Gasteiger charge is -2.20. The first-order valence-corrected chi connectivity index (χ1v) is 6.37. The minimum absolute atomic E-state index is 0.598. The number of anilines is 2. The van der Waals surface area contributed by atoms with Crippen molar-refractivity contribution in [3.63, 3.8) is 0 Å². The van der Waals surface area contributed by atoms with Crippen molar-refractivity contribution in [2.24, 2.45) is 0 Å². The average molecular weight is 277 g/mol. The molecule has 19 heavy (non-hydrogen) atoms. The molecule has 2 rings (SSSR count). The molecule has 2 N–H and O–H groups in total. The Labute approximate surface area is 118 Å². The molecule has 3 nitrogen and oxygen atoms in total. The van der Waals surface area contributed by atoms with Crippen LogP contribution in [-0.2, 0) is 6.54 Å².